The molecule has 2 aromatic carbocycles. The van der Waals surface area contributed by atoms with Gasteiger partial charge in [0.25, 0.3) is 5.91 Å². The number of amides is 1. The smallest absolute Gasteiger partial charge is 0.417 e. The summed E-state index contributed by atoms with van der Waals surface area (Å²) in [7, 11) is 0. The molecule has 0 spiro atoms. The van der Waals surface area contributed by atoms with Crippen molar-refractivity contribution in [2.45, 2.75) is 57.5 Å². The number of carbonyl (C=O) groups excluding carboxylic acids is 1. The van der Waals surface area contributed by atoms with Crippen LogP contribution >= 0.6 is 0 Å². The number of rotatable bonds is 6. The van der Waals surface area contributed by atoms with E-state index in [0.717, 1.165) is 0 Å². The fourth-order valence-electron chi connectivity index (χ4n) is 5.62. The van der Waals surface area contributed by atoms with E-state index in [9.17, 15) is 23.6 Å². The average Bonchev–Trinajstić information content (AvgIpc) is 3.34. The summed E-state index contributed by atoms with van der Waals surface area (Å²) in [6.45, 7) is 3.91. The fraction of sp³-hybridized carbons (Fsp3) is 0.345. The monoisotopic (exact) mass is 575 g/mol. The maximum absolute atomic E-state index is 14.1. The Kier molecular flexibility index (Phi) is 6.76. The summed E-state index contributed by atoms with van der Waals surface area (Å²) in [5.74, 6) is -2.62. The number of ether oxygens (including phenoxy) is 1. The van der Waals surface area contributed by atoms with E-state index in [-0.39, 0.29) is 49.1 Å². The third-order valence-corrected chi connectivity index (χ3v) is 7.63. The Morgan fingerprint density at radius 3 is 2.74 bits per heavy atom. The summed E-state index contributed by atoms with van der Waals surface area (Å²) < 4.78 is 38.9. The number of nitriles is 1. The standard InChI is InChI=1S/C29H27F2N7O4/c1-3-41-23-7-5-20(12-17(23)14-32)38-22-15-33-27(34-18-4-6-21-24(13-18)42-28(40)35-21)36-25(22)37(16(2)26(38)39)19-8-10-29(30,31)11-9-19/h4-7,12-13,15-16,19H,3,8-11H2,1-2H3,(H,35,40)(H,33,34,36)/t16-/m1/s1. The third kappa shape index (κ3) is 4.89. The number of nitrogens with one attached hydrogen (secondary N) is 2. The Hall–Kier alpha value is -4.99. The van der Waals surface area contributed by atoms with Crippen LogP contribution in [-0.2, 0) is 4.79 Å². The molecule has 42 heavy (non-hydrogen) atoms. The van der Waals surface area contributed by atoms with Gasteiger partial charge in [0.1, 0.15) is 23.5 Å². The van der Waals surface area contributed by atoms with Gasteiger partial charge in [-0.3, -0.25) is 14.7 Å². The van der Waals surface area contributed by atoms with Crippen LogP contribution in [0.15, 0.2) is 51.8 Å². The van der Waals surface area contributed by atoms with E-state index in [1.54, 1.807) is 43.3 Å². The third-order valence-electron chi connectivity index (χ3n) is 7.63. The molecular weight excluding hydrogens is 548 g/mol. The Bertz CT molecular complexity index is 1770. The number of carbonyl (C=O) groups is 1. The number of hydrogen-bond donors (Lipinski definition) is 2. The van der Waals surface area contributed by atoms with Gasteiger partial charge < -0.3 is 19.4 Å². The molecule has 1 fully saturated rings. The normalized spacial score (nSPS) is 18.5. The molecule has 0 unspecified atom stereocenters. The van der Waals surface area contributed by atoms with Gasteiger partial charge in [0.2, 0.25) is 11.9 Å². The second-order valence-electron chi connectivity index (χ2n) is 10.3. The number of fused-ring (bicyclic) bond motifs is 2. The molecule has 2 aromatic heterocycles. The first-order valence-corrected chi connectivity index (χ1v) is 13.6. The quantitative estimate of drug-likeness (QED) is 0.310. The highest BCUT2D eigenvalue weighted by atomic mass is 19.3. The topological polar surface area (TPSA) is 140 Å². The Morgan fingerprint density at radius 2 is 2.00 bits per heavy atom. The molecule has 1 saturated carbocycles. The predicted molar refractivity (Wildman–Crippen MR) is 151 cm³/mol. The molecular formula is C29H27F2N7O4. The van der Waals surface area contributed by atoms with Crippen LogP contribution in [0.25, 0.3) is 11.1 Å². The highest BCUT2D eigenvalue weighted by Gasteiger charge is 2.45. The van der Waals surface area contributed by atoms with Crippen LogP contribution in [-0.4, -0.2) is 45.5 Å². The van der Waals surface area contributed by atoms with Crippen LogP contribution in [0.1, 0.15) is 45.1 Å². The second kappa shape index (κ2) is 10.4. The number of benzene rings is 2. The summed E-state index contributed by atoms with van der Waals surface area (Å²) >= 11 is 0. The summed E-state index contributed by atoms with van der Waals surface area (Å²) in [6, 6.07) is 11.0. The number of nitrogens with zero attached hydrogens (tertiary/aromatic N) is 5. The van der Waals surface area contributed by atoms with Crippen molar-refractivity contribution in [1.29, 1.82) is 5.26 Å². The molecule has 6 rings (SSSR count). The second-order valence-corrected chi connectivity index (χ2v) is 10.3. The van der Waals surface area contributed by atoms with Gasteiger partial charge >= 0.3 is 5.76 Å². The molecule has 1 atom stereocenters. The average molecular weight is 576 g/mol. The van der Waals surface area contributed by atoms with Crippen molar-refractivity contribution < 1.29 is 22.7 Å². The zero-order chi connectivity index (χ0) is 29.6. The summed E-state index contributed by atoms with van der Waals surface area (Å²) in [5, 5.41) is 12.8. The van der Waals surface area contributed by atoms with Crippen molar-refractivity contribution in [3.8, 4) is 11.8 Å². The molecule has 2 aliphatic rings. The molecule has 4 aromatic rings. The van der Waals surface area contributed by atoms with E-state index in [1.165, 1.54) is 11.1 Å². The van der Waals surface area contributed by atoms with Gasteiger partial charge in [-0.05, 0) is 57.0 Å². The first kappa shape index (κ1) is 27.2. The van der Waals surface area contributed by atoms with E-state index >= 15 is 0 Å². The molecule has 0 radical (unpaired) electrons. The minimum atomic E-state index is -2.74. The molecule has 216 valence electrons. The van der Waals surface area contributed by atoms with Crippen molar-refractivity contribution in [1.82, 2.24) is 15.0 Å². The first-order valence-electron chi connectivity index (χ1n) is 13.6. The van der Waals surface area contributed by atoms with Gasteiger partial charge in [0.05, 0.1) is 29.6 Å². The highest BCUT2D eigenvalue weighted by molar-refractivity contribution is 6.10. The predicted octanol–water partition coefficient (Wildman–Crippen LogP) is 5.38. The molecule has 1 aliphatic carbocycles. The number of H-pyrrole nitrogens is 1. The van der Waals surface area contributed by atoms with E-state index < -0.39 is 17.7 Å². The molecule has 11 nitrogen and oxygen atoms in total. The molecule has 2 N–H and O–H groups in total. The zero-order valence-corrected chi connectivity index (χ0v) is 22.9. The summed E-state index contributed by atoms with van der Waals surface area (Å²) in [5.41, 5.74) is 2.49. The number of aromatic amines is 1. The molecule has 1 amide bonds. The highest BCUT2D eigenvalue weighted by Crippen LogP contribution is 2.45. The van der Waals surface area contributed by atoms with Gasteiger partial charge in [-0.25, -0.2) is 18.6 Å². The zero-order valence-electron chi connectivity index (χ0n) is 22.9. The van der Waals surface area contributed by atoms with E-state index in [2.05, 4.69) is 21.4 Å². The fourth-order valence-corrected chi connectivity index (χ4v) is 5.62. The van der Waals surface area contributed by atoms with Crippen molar-refractivity contribution in [2.75, 3.05) is 21.7 Å². The van der Waals surface area contributed by atoms with Crippen molar-refractivity contribution in [2.24, 2.45) is 0 Å². The number of anilines is 5. The van der Waals surface area contributed by atoms with Crippen LogP contribution in [0.4, 0.5) is 37.6 Å². The lowest BCUT2D eigenvalue weighted by Crippen LogP contribution is -2.56. The number of halogens is 2. The molecule has 13 heteroatoms. The minimum absolute atomic E-state index is 0.196. The van der Waals surface area contributed by atoms with E-state index in [4.69, 9.17) is 14.1 Å². The van der Waals surface area contributed by atoms with Crippen molar-refractivity contribution in [3.05, 3.63) is 58.7 Å². The van der Waals surface area contributed by atoms with Crippen LogP contribution in [0.5, 0.6) is 5.75 Å². The van der Waals surface area contributed by atoms with Crippen molar-refractivity contribution >= 4 is 45.8 Å². The van der Waals surface area contributed by atoms with Crippen LogP contribution in [0, 0.1) is 11.3 Å². The number of alkyl halides is 2. The molecule has 3 heterocycles. The lowest BCUT2D eigenvalue weighted by atomic mass is 9.89. The van der Waals surface area contributed by atoms with Crippen LogP contribution in [0.2, 0.25) is 0 Å². The van der Waals surface area contributed by atoms with Gasteiger partial charge in [-0.15, -0.1) is 0 Å². The Labute approximate surface area is 238 Å². The largest absolute Gasteiger partial charge is 0.492 e. The molecule has 1 aliphatic heterocycles. The Balaban J connectivity index is 1.43. The van der Waals surface area contributed by atoms with Gasteiger partial charge in [0, 0.05) is 30.6 Å². The number of oxazole rings is 1. The maximum Gasteiger partial charge on any atom is 0.417 e. The van der Waals surface area contributed by atoms with Gasteiger partial charge in [-0.1, -0.05) is 0 Å². The summed E-state index contributed by atoms with van der Waals surface area (Å²) in [6.07, 6.45) is 1.33. The van der Waals surface area contributed by atoms with Crippen LogP contribution in [0.3, 0.4) is 0 Å². The van der Waals surface area contributed by atoms with Crippen LogP contribution < -0.4 is 25.6 Å². The lowest BCUT2D eigenvalue weighted by molar-refractivity contribution is -0.119. The number of aromatic nitrogens is 3. The van der Waals surface area contributed by atoms with E-state index in [0.29, 0.717) is 46.3 Å². The minimum Gasteiger partial charge on any atom is -0.492 e. The lowest BCUT2D eigenvalue weighted by Gasteiger charge is -2.46. The van der Waals surface area contributed by atoms with E-state index in [1.807, 2.05) is 11.8 Å². The van der Waals surface area contributed by atoms with Gasteiger partial charge in [-0.2, -0.15) is 10.2 Å². The SMILES string of the molecule is CCOc1ccc(N2C(=O)[C@@H](C)N(C3CCC(F)(F)CC3)c3nc(Nc4ccc5[nH]c(=O)oc5c4)ncc32)cc1C#N. The maximum atomic E-state index is 14.1. The van der Waals surface area contributed by atoms with Gasteiger partial charge in [0.15, 0.2) is 11.4 Å². The first-order chi connectivity index (χ1) is 20.2. The molecule has 0 saturated heterocycles. The Morgan fingerprint density at radius 1 is 1.21 bits per heavy atom. The summed E-state index contributed by atoms with van der Waals surface area (Å²) in [4.78, 5) is 40.5. The number of hydrogen-bond acceptors (Lipinski definition) is 9. The van der Waals surface area contributed by atoms with Crippen molar-refractivity contribution in [3.63, 3.8) is 0 Å². The molecule has 0 bridgehead atoms.